The second-order valence-corrected chi connectivity index (χ2v) is 9.47. The van der Waals surface area contributed by atoms with Crippen LogP contribution in [-0.2, 0) is 28.3 Å². The predicted octanol–water partition coefficient (Wildman–Crippen LogP) is -2.03. The number of rotatable bonds is 6. The molecule has 1 aliphatic heterocycles. The number of ether oxygens (including phenoxy) is 1. The summed E-state index contributed by atoms with van der Waals surface area (Å²) in [5, 5.41) is 16.1. The van der Waals surface area contributed by atoms with E-state index < -0.39 is 60.1 Å². The molecule has 0 saturated carbocycles. The molecule has 1 saturated heterocycles. The van der Waals surface area contributed by atoms with E-state index in [0.717, 1.165) is 0 Å². The summed E-state index contributed by atoms with van der Waals surface area (Å²) in [5.74, 6) is -4.03. The zero-order chi connectivity index (χ0) is 23.5. The van der Waals surface area contributed by atoms with E-state index >= 15 is 4.39 Å². The standard InChI is InChI=1S/C9H9B3ClFN2O11P2S/c10-8(16-1-2(13)5(19)15-6(16)30)4(18)3(17)7(14,25-8)9(11,12)26-29(23,24)27-28(20,21)22/h1,3-4,17-18H,(H,23,24)(H,15,19,30)(H2,20,21,22)/t3-,4+,7-,8-/m0/s1. The highest BCUT2D eigenvalue weighted by Crippen LogP contribution is 2.61. The van der Waals surface area contributed by atoms with Gasteiger partial charge in [0.1, 0.15) is 46.4 Å². The van der Waals surface area contributed by atoms with E-state index in [4.69, 9.17) is 61.9 Å². The lowest BCUT2D eigenvalue weighted by molar-refractivity contribution is -0.239. The summed E-state index contributed by atoms with van der Waals surface area (Å²) in [4.78, 5) is 40.0. The molecule has 1 unspecified atom stereocenters. The Morgan fingerprint density at radius 2 is 1.87 bits per heavy atom. The smallest absolute Gasteiger partial charge is 0.386 e. The minimum absolute atomic E-state index is 0.502. The van der Waals surface area contributed by atoms with Crippen molar-refractivity contribution >= 4 is 63.0 Å². The topological polar surface area (TPSA) is 201 Å². The SMILES string of the molecule is [B]C([B])(OP(=O)(O)OP(=O)(O)O)[C@@]1(F)O[C@@]([B])(n2cc(Cl)c(=O)[nH]c2=S)[C@H](O)[C@@H]1O. The Morgan fingerprint density at radius 1 is 1.33 bits per heavy atom. The van der Waals surface area contributed by atoms with E-state index in [2.05, 4.69) is 8.83 Å². The normalized spacial score (nSPS) is 32.1. The number of H-pyrrole nitrogens is 1. The summed E-state index contributed by atoms with van der Waals surface area (Å²) in [6.07, 6.45) is -4.60. The summed E-state index contributed by atoms with van der Waals surface area (Å²) >= 11 is 10.4. The molecule has 6 N–H and O–H groups in total. The van der Waals surface area contributed by atoms with Gasteiger partial charge in [0.15, 0.2) is 4.77 Å². The van der Waals surface area contributed by atoms with Gasteiger partial charge in [0.05, 0.1) is 5.40 Å². The number of alkyl halides is 1. The maximum absolute atomic E-state index is 15.5. The maximum Gasteiger partial charge on any atom is 0.480 e. The number of aliphatic hydroxyl groups excluding tert-OH is 2. The van der Waals surface area contributed by atoms with E-state index in [0.29, 0.717) is 10.8 Å². The molecule has 1 fully saturated rings. The number of aliphatic hydroxyl groups is 2. The fraction of sp³-hybridized carbons (Fsp3) is 0.556. The minimum atomic E-state index is -5.88. The number of nitrogens with one attached hydrogen (secondary N) is 1. The number of hydrogen-bond donors (Lipinski definition) is 6. The minimum Gasteiger partial charge on any atom is -0.386 e. The average Bonchev–Trinajstić information content (AvgIpc) is 2.70. The van der Waals surface area contributed by atoms with Gasteiger partial charge in [0, 0.05) is 6.20 Å². The number of aromatic amines is 1. The van der Waals surface area contributed by atoms with Crippen LogP contribution in [0.15, 0.2) is 11.0 Å². The highest BCUT2D eigenvalue weighted by Gasteiger charge is 2.68. The zero-order valence-corrected chi connectivity index (χ0v) is 17.5. The van der Waals surface area contributed by atoms with Gasteiger partial charge in [-0.15, -0.1) is 0 Å². The molecule has 0 aliphatic carbocycles. The van der Waals surface area contributed by atoms with E-state index in [1.807, 2.05) is 4.98 Å². The van der Waals surface area contributed by atoms with Crippen LogP contribution in [-0.4, -0.2) is 81.4 Å². The van der Waals surface area contributed by atoms with Crippen LogP contribution in [0.5, 0.6) is 0 Å². The summed E-state index contributed by atoms with van der Waals surface area (Å²) in [5.41, 5.74) is -3.78. The van der Waals surface area contributed by atoms with Crippen molar-refractivity contribution in [2.45, 2.75) is 29.1 Å². The Bertz CT molecular complexity index is 1070. The first-order chi connectivity index (χ1) is 13.3. The van der Waals surface area contributed by atoms with Crippen LogP contribution in [0.1, 0.15) is 0 Å². The van der Waals surface area contributed by atoms with Crippen molar-refractivity contribution in [1.29, 1.82) is 0 Å². The Labute approximate surface area is 180 Å². The van der Waals surface area contributed by atoms with Gasteiger partial charge >= 0.3 is 15.6 Å². The van der Waals surface area contributed by atoms with E-state index in [-0.39, 0.29) is 0 Å². The van der Waals surface area contributed by atoms with Crippen molar-refractivity contribution < 1.29 is 52.0 Å². The molecule has 6 radical (unpaired) electrons. The summed E-state index contributed by atoms with van der Waals surface area (Å²) in [7, 11) is 4.72. The van der Waals surface area contributed by atoms with Gasteiger partial charge in [-0.1, -0.05) is 11.6 Å². The number of nitrogens with zero attached hydrogens (tertiary/aromatic N) is 1. The first kappa shape index (κ1) is 25.9. The summed E-state index contributed by atoms with van der Waals surface area (Å²) in [6, 6.07) is 0. The molecule has 2 heterocycles. The summed E-state index contributed by atoms with van der Waals surface area (Å²) < 4.78 is 50.0. The van der Waals surface area contributed by atoms with Crippen molar-refractivity contribution in [3.8, 4) is 0 Å². The van der Waals surface area contributed by atoms with Crippen molar-refractivity contribution in [3.05, 3.63) is 26.3 Å². The fourth-order valence-electron chi connectivity index (χ4n) is 2.40. The van der Waals surface area contributed by atoms with Crippen LogP contribution >= 0.6 is 39.5 Å². The van der Waals surface area contributed by atoms with Gasteiger partial charge in [-0.3, -0.25) is 14.3 Å². The lowest BCUT2D eigenvalue weighted by Crippen LogP contribution is -2.60. The molecule has 0 bridgehead atoms. The number of phosphoric acid groups is 2. The largest absolute Gasteiger partial charge is 0.480 e. The molecule has 2 rings (SSSR count). The predicted molar refractivity (Wildman–Crippen MR) is 99.8 cm³/mol. The van der Waals surface area contributed by atoms with Crippen LogP contribution in [0.4, 0.5) is 4.39 Å². The number of hydrogen-bond acceptors (Lipinski definition) is 9. The molecule has 0 amide bonds. The van der Waals surface area contributed by atoms with Gasteiger partial charge in [-0.2, -0.15) is 4.31 Å². The highest BCUT2D eigenvalue weighted by molar-refractivity contribution is 7.71. The van der Waals surface area contributed by atoms with Gasteiger partial charge < -0.3 is 34.2 Å². The van der Waals surface area contributed by atoms with Crippen LogP contribution in [0, 0.1) is 4.77 Å². The quantitative estimate of drug-likeness (QED) is 0.142. The second kappa shape index (κ2) is 7.90. The number of phosphoric ester groups is 1. The molecule has 5 atom stereocenters. The van der Waals surface area contributed by atoms with Crippen molar-refractivity contribution in [2.75, 3.05) is 0 Å². The molecule has 0 spiro atoms. The van der Waals surface area contributed by atoms with Crippen LogP contribution < -0.4 is 5.56 Å². The van der Waals surface area contributed by atoms with Gasteiger partial charge in [0.25, 0.3) is 11.4 Å². The zero-order valence-electron chi connectivity index (χ0n) is 14.2. The first-order valence-electron chi connectivity index (χ1n) is 7.20. The van der Waals surface area contributed by atoms with Crippen molar-refractivity contribution in [3.63, 3.8) is 0 Å². The highest BCUT2D eigenvalue weighted by atomic mass is 35.5. The number of halogens is 2. The molecule has 1 aliphatic rings. The van der Waals surface area contributed by atoms with Crippen LogP contribution in [0.3, 0.4) is 0 Å². The Hall–Kier alpha value is -0.345. The molecule has 30 heavy (non-hydrogen) atoms. The molecule has 0 aromatic carbocycles. The lowest BCUT2D eigenvalue weighted by Gasteiger charge is -2.41. The monoisotopic (exact) mass is 502 g/mol. The molecular formula is C9H9B3ClFN2O11P2S. The summed E-state index contributed by atoms with van der Waals surface area (Å²) in [6.45, 7) is 0. The van der Waals surface area contributed by atoms with E-state index in [1.165, 1.54) is 0 Å². The third-order valence-electron chi connectivity index (χ3n) is 3.70. The third-order valence-corrected chi connectivity index (χ3v) is 6.48. The lowest BCUT2D eigenvalue weighted by atomic mass is 9.59. The van der Waals surface area contributed by atoms with E-state index in [9.17, 15) is 29.0 Å². The second-order valence-electron chi connectivity index (χ2n) is 5.92. The van der Waals surface area contributed by atoms with Gasteiger partial charge in [-0.25, -0.2) is 13.5 Å². The third kappa shape index (κ3) is 4.70. The molecule has 1 aromatic rings. The molecule has 160 valence electrons. The fourth-order valence-corrected chi connectivity index (χ4v) is 4.55. The maximum atomic E-state index is 15.5. The molecular weight excluding hydrogens is 493 g/mol. The van der Waals surface area contributed by atoms with Gasteiger partial charge in [0.2, 0.25) is 0 Å². The number of aromatic nitrogens is 2. The molecule has 21 heteroatoms. The Kier molecular flexibility index (Phi) is 6.83. The Balaban J connectivity index is 2.51. The Morgan fingerprint density at radius 3 is 2.37 bits per heavy atom. The van der Waals surface area contributed by atoms with E-state index in [1.54, 1.807) is 0 Å². The van der Waals surface area contributed by atoms with Crippen LogP contribution in [0.25, 0.3) is 0 Å². The van der Waals surface area contributed by atoms with Crippen molar-refractivity contribution in [2.24, 2.45) is 0 Å². The van der Waals surface area contributed by atoms with Gasteiger partial charge in [-0.05, 0) is 12.2 Å². The first-order valence-corrected chi connectivity index (χ1v) is 11.0. The average molecular weight is 502 g/mol. The molecule has 13 nitrogen and oxygen atoms in total. The van der Waals surface area contributed by atoms with Crippen LogP contribution in [0.2, 0.25) is 5.02 Å². The molecule has 1 aromatic heterocycles. The van der Waals surface area contributed by atoms with Crippen molar-refractivity contribution in [1.82, 2.24) is 9.55 Å².